The van der Waals surface area contributed by atoms with Gasteiger partial charge in [0, 0.05) is 4.47 Å². The molecule has 16 heavy (non-hydrogen) atoms. The average molecular weight is 283 g/mol. The molecule has 0 heterocycles. The Kier molecular flexibility index (Phi) is 3.33. The SMILES string of the molecule is O=C(O)C1(c2ccc(Br)cc2)CCCCC1. The Morgan fingerprint density at radius 3 is 2.19 bits per heavy atom. The van der Waals surface area contributed by atoms with E-state index in [0.717, 1.165) is 42.1 Å². The predicted molar refractivity (Wildman–Crippen MR) is 66.5 cm³/mol. The van der Waals surface area contributed by atoms with Crippen LogP contribution >= 0.6 is 15.9 Å². The van der Waals surface area contributed by atoms with Crippen LogP contribution in [0.5, 0.6) is 0 Å². The highest BCUT2D eigenvalue weighted by atomic mass is 79.9. The van der Waals surface area contributed by atoms with Crippen LogP contribution in [0.1, 0.15) is 37.7 Å². The van der Waals surface area contributed by atoms with Crippen molar-refractivity contribution in [2.75, 3.05) is 0 Å². The Morgan fingerprint density at radius 1 is 1.12 bits per heavy atom. The van der Waals surface area contributed by atoms with Crippen LogP contribution < -0.4 is 0 Å². The van der Waals surface area contributed by atoms with Crippen molar-refractivity contribution < 1.29 is 9.90 Å². The van der Waals surface area contributed by atoms with E-state index in [0.29, 0.717) is 0 Å². The number of carbonyl (C=O) groups is 1. The highest BCUT2D eigenvalue weighted by Crippen LogP contribution is 2.40. The predicted octanol–water partition coefficient (Wildman–Crippen LogP) is 3.74. The van der Waals surface area contributed by atoms with E-state index >= 15 is 0 Å². The molecule has 0 aromatic heterocycles. The second kappa shape index (κ2) is 4.58. The smallest absolute Gasteiger partial charge is 0.314 e. The molecule has 1 N–H and O–H groups in total. The summed E-state index contributed by atoms with van der Waals surface area (Å²) in [6.07, 6.45) is 4.73. The Hall–Kier alpha value is -0.830. The maximum Gasteiger partial charge on any atom is 0.314 e. The average Bonchev–Trinajstić information content (AvgIpc) is 2.30. The number of aliphatic carboxylic acids is 1. The van der Waals surface area contributed by atoms with Gasteiger partial charge in [0.1, 0.15) is 0 Å². The van der Waals surface area contributed by atoms with Gasteiger partial charge in [-0.1, -0.05) is 47.3 Å². The van der Waals surface area contributed by atoms with Gasteiger partial charge in [-0.15, -0.1) is 0 Å². The molecule has 2 rings (SSSR count). The van der Waals surface area contributed by atoms with Gasteiger partial charge in [0.15, 0.2) is 0 Å². The second-order valence-electron chi connectivity index (χ2n) is 4.45. The fourth-order valence-corrected chi connectivity index (χ4v) is 2.81. The van der Waals surface area contributed by atoms with Crippen molar-refractivity contribution in [3.05, 3.63) is 34.3 Å². The molecule has 0 unspecified atom stereocenters. The lowest BCUT2D eigenvalue weighted by Crippen LogP contribution is -2.37. The fourth-order valence-electron chi connectivity index (χ4n) is 2.55. The van der Waals surface area contributed by atoms with Gasteiger partial charge in [-0.05, 0) is 30.5 Å². The summed E-state index contributed by atoms with van der Waals surface area (Å²) in [6, 6.07) is 7.72. The van der Waals surface area contributed by atoms with Crippen LogP contribution in [-0.2, 0) is 10.2 Å². The van der Waals surface area contributed by atoms with Crippen LogP contribution in [0.2, 0.25) is 0 Å². The van der Waals surface area contributed by atoms with Gasteiger partial charge in [0.25, 0.3) is 0 Å². The topological polar surface area (TPSA) is 37.3 Å². The van der Waals surface area contributed by atoms with Crippen LogP contribution in [0, 0.1) is 0 Å². The van der Waals surface area contributed by atoms with E-state index in [2.05, 4.69) is 15.9 Å². The molecule has 86 valence electrons. The lowest BCUT2D eigenvalue weighted by atomic mass is 9.69. The minimum atomic E-state index is -0.672. The van der Waals surface area contributed by atoms with Crippen LogP contribution in [0.4, 0.5) is 0 Å². The van der Waals surface area contributed by atoms with Crippen molar-refractivity contribution in [2.24, 2.45) is 0 Å². The minimum Gasteiger partial charge on any atom is -0.481 e. The Morgan fingerprint density at radius 2 is 1.69 bits per heavy atom. The van der Waals surface area contributed by atoms with E-state index < -0.39 is 11.4 Å². The van der Waals surface area contributed by atoms with Gasteiger partial charge in [0.05, 0.1) is 5.41 Å². The molecule has 0 saturated heterocycles. The van der Waals surface area contributed by atoms with Crippen molar-refractivity contribution in [2.45, 2.75) is 37.5 Å². The zero-order valence-electron chi connectivity index (χ0n) is 9.08. The lowest BCUT2D eigenvalue weighted by Gasteiger charge is -2.33. The first-order valence-electron chi connectivity index (χ1n) is 5.65. The summed E-state index contributed by atoms with van der Waals surface area (Å²) < 4.78 is 0.993. The van der Waals surface area contributed by atoms with Gasteiger partial charge in [-0.25, -0.2) is 0 Å². The van der Waals surface area contributed by atoms with Crippen molar-refractivity contribution in [3.8, 4) is 0 Å². The molecule has 1 aromatic carbocycles. The summed E-state index contributed by atoms with van der Waals surface area (Å²) in [6.45, 7) is 0. The number of benzene rings is 1. The standard InChI is InChI=1S/C13H15BrO2/c14-11-6-4-10(5-7-11)13(12(15)16)8-2-1-3-9-13/h4-7H,1-3,8-9H2,(H,15,16). The quantitative estimate of drug-likeness (QED) is 0.897. The third kappa shape index (κ3) is 2.01. The van der Waals surface area contributed by atoms with Gasteiger partial charge < -0.3 is 5.11 Å². The van der Waals surface area contributed by atoms with E-state index in [-0.39, 0.29) is 0 Å². The zero-order valence-corrected chi connectivity index (χ0v) is 10.7. The molecule has 3 heteroatoms. The van der Waals surface area contributed by atoms with E-state index in [1.165, 1.54) is 0 Å². The van der Waals surface area contributed by atoms with Crippen LogP contribution in [0.25, 0.3) is 0 Å². The molecule has 2 nitrogen and oxygen atoms in total. The number of rotatable bonds is 2. The molecule has 0 aliphatic heterocycles. The van der Waals surface area contributed by atoms with Crippen molar-refractivity contribution >= 4 is 21.9 Å². The first kappa shape index (κ1) is 11.6. The molecule has 0 amide bonds. The molecule has 1 saturated carbocycles. The molecular weight excluding hydrogens is 268 g/mol. The highest BCUT2D eigenvalue weighted by Gasteiger charge is 2.40. The molecule has 1 fully saturated rings. The lowest BCUT2D eigenvalue weighted by molar-refractivity contribution is -0.145. The first-order chi connectivity index (χ1) is 7.65. The Labute approximate surface area is 104 Å². The summed E-state index contributed by atoms with van der Waals surface area (Å²) in [5.74, 6) is -0.672. The molecule has 0 atom stereocenters. The normalized spacial score (nSPS) is 19.3. The second-order valence-corrected chi connectivity index (χ2v) is 5.37. The molecule has 1 aliphatic carbocycles. The van der Waals surface area contributed by atoms with Gasteiger partial charge in [-0.3, -0.25) is 4.79 Å². The zero-order chi connectivity index (χ0) is 11.6. The molecule has 1 aromatic rings. The Bertz CT molecular complexity index is 377. The molecule has 0 spiro atoms. The van der Waals surface area contributed by atoms with E-state index in [1.54, 1.807) is 0 Å². The third-order valence-electron chi connectivity index (χ3n) is 3.51. The van der Waals surface area contributed by atoms with E-state index in [1.807, 2.05) is 24.3 Å². The molecular formula is C13H15BrO2. The summed E-state index contributed by atoms with van der Waals surface area (Å²) in [5, 5.41) is 9.50. The molecule has 1 aliphatic rings. The number of hydrogen-bond acceptors (Lipinski definition) is 1. The summed E-state index contributed by atoms with van der Waals surface area (Å²) in [5.41, 5.74) is 0.307. The van der Waals surface area contributed by atoms with Gasteiger partial charge in [0.2, 0.25) is 0 Å². The number of hydrogen-bond donors (Lipinski definition) is 1. The minimum absolute atomic E-state index is 0.640. The van der Waals surface area contributed by atoms with Crippen molar-refractivity contribution in [1.29, 1.82) is 0 Å². The summed E-state index contributed by atoms with van der Waals surface area (Å²) >= 11 is 3.38. The highest BCUT2D eigenvalue weighted by molar-refractivity contribution is 9.10. The first-order valence-corrected chi connectivity index (χ1v) is 6.44. The monoisotopic (exact) mass is 282 g/mol. The van der Waals surface area contributed by atoms with Gasteiger partial charge in [-0.2, -0.15) is 0 Å². The number of carboxylic acids is 1. The van der Waals surface area contributed by atoms with Crippen molar-refractivity contribution in [3.63, 3.8) is 0 Å². The van der Waals surface area contributed by atoms with Crippen LogP contribution in [-0.4, -0.2) is 11.1 Å². The van der Waals surface area contributed by atoms with E-state index in [4.69, 9.17) is 0 Å². The maximum atomic E-state index is 11.5. The summed E-state index contributed by atoms with van der Waals surface area (Å²) in [4.78, 5) is 11.5. The van der Waals surface area contributed by atoms with Crippen molar-refractivity contribution in [1.82, 2.24) is 0 Å². The number of halogens is 1. The maximum absolute atomic E-state index is 11.5. The molecule has 0 radical (unpaired) electrons. The Balaban J connectivity index is 2.38. The van der Waals surface area contributed by atoms with Crippen LogP contribution in [0.15, 0.2) is 28.7 Å². The fraction of sp³-hybridized carbons (Fsp3) is 0.462. The largest absolute Gasteiger partial charge is 0.481 e. The molecule has 0 bridgehead atoms. The number of carboxylic acid groups (broad SMARTS) is 1. The summed E-state index contributed by atoms with van der Waals surface area (Å²) in [7, 11) is 0. The third-order valence-corrected chi connectivity index (χ3v) is 4.04. The van der Waals surface area contributed by atoms with E-state index in [9.17, 15) is 9.90 Å². The van der Waals surface area contributed by atoms with Crippen LogP contribution in [0.3, 0.4) is 0 Å². The van der Waals surface area contributed by atoms with Gasteiger partial charge >= 0.3 is 5.97 Å².